The second-order valence-corrected chi connectivity index (χ2v) is 7.99. The Kier molecular flexibility index (Phi) is 4.49. The molecule has 0 saturated carbocycles. The summed E-state index contributed by atoms with van der Waals surface area (Å²) < 4.78 is 67.1. The minimum absolute atomic E-state index is 0.141. The zero-order chi connectivity index (χ0) is 20.2. The number of alkyl halides is 4. The number of aromatic nitrogens is 1. The van der Waals surface area contributed by atoms with Gasteiger partial charge in [-0.15, -0.1) is 0 Å². The highest BCUT2D eigenvalue weighted by atomic mass is 19.4. The van der Waals surface area contributed by atoms with E-state index in [1.54, 1.807) is 12.1 Å². The molecule has 0 radical (unpaired) electrons. The SMILES string of the molecule is CC(F)(c1cnc2c(c1)CCC1NCCC21Cc1ccc(F)cc1)C(F)(F)F. The van der Waals surface area contributed by atoms with Gasteiger partial charge in [-0.1, -0.05) is 12.1 Å². The van der Waals surface area contributed by atoms with Gasteiger partial charge in [0.05, 0.1) is 5.69 Å². The summed E-state index contributed by atoms with van der Waals surface area (Å²) in [5.41, 5.74) is -1.93. The lowest BCUT2D eigenvalue weighted by atomic mass is 9.66. The first-order chi connectivity index (χ1) is 13.1. The molecule has 1 saturated heterocycles. The number of hydrogen-bond donors (Lipinski definition) is 1. The predicted octanol–water partition coefficient (Wildman–Crippen LogP) is 4.76. The third kappa shape index (κ3) is 3.00. The molecule has 150 valence electrons. The first kappa shape index (κ1) is 19.3. The molecular formula is C21H21F5N2. The van der Waals surface area contributed by atoms with E-state index in [2.05, 4.69) is 10.3 Å². The summed E-state index contributed by atoms with van der Waals surface area (Å²) in [6.07, 6.45) is -1.29. The van der Waals surface area contributed by atoms with Crippen molar-refractivity contribution in [3.63, 3.8) is 0 Å². The summed E-state index contributed by atoms with van der Waals surface area (Å²) >= 11 is 0. The monoisotopic (exact) mass is 396 g/mol. The number of rotatable bonds is 3. The van der Waals surface area contributed by atoms with E-state index in [1.165, 1.54) is 18.2 Å². The minimum atomic E-state index is -5.00. The predicted molar refractivity (Wildman–Crippen MR) is 95.3 cm³/mol. The second-order valence-electron chi connectivity index (χ2n) is 7.99. The first-order valence-corrected chi connectivity index (χ1v) is 9.37. The fourth-order valence-corrected chi connectivity index (χ4v) is 4.63. The van der Waals surface area contributed by atoms with Gasteiger partial charge in [-0.3, -0.25) is 4.98 Å². The normalized spacial score (nSPS) is 26.4. The molecule has 28 heavy (non-hydrogen) atoms. The Balaban J connectivity index is 1.76. The van der Waals surface area contributed by atoms with Gasteiger partial charge in [0.2, 0.25) is 5.67 Å². The molecule has 0 amide bonds. The molecule has 3 unspecified atom stereocenters. The van der Waals surface area contributed by atoms with E-state index in [9.17, 15) is 22.0 Å². The zero-order valence-electron chi connectivity index (χ0n) is 15.4. The van der Waals surface area contributed by atoms with Gasteiger partial charge in [0.15, 0.2) is 0 Å². The summed E-state index contributed by atoms with van der Waals surface area (Å²) in [7, 11) is 0. The maximum absolute atomic E-state index is 14.4. The molecule has 1 fully saturated rings. The van der Waals surface area contributed by atoms with Gasteiger partial charge >= 0.3 is 6.18 Å². The quantitative estimate of drug-likeness (QED) is 0.757. The lowest BCUT2D eigenvalue weighted by Gasteiger charge is -2.40. The largest absolute Gasteiger partial charge is 0.426 e. The minimum Gasteiger partial charge on any atom is -0.313 e. The van der Waals surface area contributed by atoms with Gasteiger partial charge < -0.3 is 5.32 Å². The van der Waals surface area contributed by atoms with Gasteiger partial charge in [-0.05, 0) is 68.5 Å². The molecule has 1 aliphatic heterocycles. The van der Waals surface area contributed by atoms with Crippen LogP contribution in [0.5, 0.6) is 0 Å². The van der Waals surface area contributed by atoms with Crippen LogP contribution in [-0.4, -0.2) is 23.7 Å². The van der Waals surface area contributed by atoms with Crippen LogP contribution in [0.1, 0.15) is 42.1 Å². The van der Waals surface area contributed by atoms with Gasteiger partial charge in [0.25, 0.3) is 0 Å². The van der Waals surface area contributed by atoms with Crippen LogP contribution >= 0.6 is 0 Å². The fraction of sp³-hybridized carbons (Fsp3) is 0.476. The van der Waals surface area contributed by atoms with E-state index in [1.807, 2.05) is 0 Å². The standard InChI is InChI=1S/C21H21F5N2/c1-19(23,21(24,25)26)15-10-14-4-7-17-20(8-9-27-17,18(14)28-12-15)11-13-2-5-16(22)6-3-13/h2-3,5-6,10,12,17,27H,4,7-9,11H2,1H3. The molecule has 1 aromatic heterocycles. The molecule has 3 atom stereocenters. The Labute approximate surface area is 160 Å². The van der Waals surface area contributed by atoms with Crippen molar-refractivity contribution >= 4 is 0 Å². The average Bonchev–Trinajstić information content (AvgIpc) is 3.06. The third-order valence-electron chi connectivity index (χ3n) is 6.28. The fourth-order valence-electron chi connectivity index (χ4n) is 4.63. The molecule has 2 nitrogen and oxygen atoms in total. The van der Waals surface area contributed by atoms with Gasteiger partial charge in [-0.25, -0.2) is 8.78 Å². The number of nitrogens with zero attached hydrogens (tertiary/aromatic N) is 1. The van der Waals surface area contributed by atoms with Crippen molar-refractivity contribution < 1.29 is 22.0 Å². The van der Waals surface area contributed by atoms with E-state index < -0.39 is 17.4 Å². The highest BCUT2D eigenvalue weighted by Gasteiger charge is 2.55. The Morgan fingerprint density at radius 1 is 1.18 bits per heavy atom. The topological polar surface area (TPSA) is 24.9 Å². The van der Waals surface area contributed by atoms with Gasteiger partial charge in [0.1, 0.15) is 5.82 Å². The van der Waals surface area contributed by atoms with E-state index in [0.29, 0.717) is 25.3 Å². The van der Waals surface area contributed by atoms with Crippen LogP contribution in [0, 0.1) is 5.82 Å². The van der Waals surface area contributed by atoms with Crippen LogP contribution < -0.4 is 5.32 Å². The maximum Gasteiger partial charge on any atom is 0.426 e. The van der Waals surface area contributed by atoms with Crippen LogP contribution in [0.4, 0.5) is 22.0 Å². The van der Waals surface area contributed by atoms with E-state index in [4.69, 9.17) is 0 Å². The molecule has 0 bridgehead atoms. The number of hydrogen-bond acceptors (Lipinski definition) is 2. The molecule has 4 rings (SSSR count). The molecule has 2 aliphatic rings. The van der Waals surface area contributed by atoms with Crippen molar-refractivity contribution in [2.75, 3.05) is 6.54 Å². The maximum atomic E-state index is 14.4. The molecule has 2 heterocycles. The number of halogens is 5. The van der Waals surface area contributed by atoms with Crippen molar-refractivity contribution in [1.82, 2.24) is 10.3 Å². The van der Waals surface area contributed by atoms with Crippen LogP contribution in [0.15, 0.2) is 36.5 Å². The summed E-state index contributed by atoms with van der Waals surface area (Å²) in [6, 6.07) is 7.73. The van der Waals surface area contributed by atoms with E-state index in [-0.39, 0.29) is 17.3 Å². The highest BCUT2D eigenvalue weighted by Crippen LogP contribution is 2.47. The van der Waals surface area contributed by atoms with Crippen molar-refractivity contribution in [3.8, 4) is 0 Å². The lowest BCUT2D eigenvalue weighted by Crippen LogP contribution is -2.47. The van der Waals surface area contributed by atoms with Crippen LogP contribution in [0.2, 0.25) is 0 Å². The van der Waals surface area contributed by atoms with Crippen molar-refractivity contribution in [1.29, 1.82) is 0 Å². The van der Waals surface area contributed by atoms with Crippen molar-refractivity contribution in [2.45, 2.75) is 55.9 Å². The number of pyridine rings is 1. The molecule has 1 aliphatic carbocycles. The Bertz CT molecular complexity index is 875. The molecule has 0 spiro atoms. The number of benzene rings is 1. The van der Waals surface area contributed by atoms with Crippen LogP contribution in [0.3, 0.4) is 0 Å². The number of aryl methyl sites for hydroxylation is 1. The summed E-state index contributed by atoms with van der Waals surface area (Å²) in [4.78, 5) is 4.37. The first-order valence-electron chi connectivity index (χ1n) is 9.37. The zero-order valence-corrected chi connectivity index (χ0v) is 15.4. The highest BCUT2D eigenvalue weighted by molar-refractivity contribution is 5.41. The molecular weight excluding hydrogens is 375 g/mol. The summed E-state index contributed by atoms with van der Waals surface area (Å²) in [5.74, 6) is -0.316. The second kappa shape index (κ2) is 6.51. The Morgan fingerprint density at radius 2 is 1.89 bits per heavy atom. The van der Waals surface area contributed by atoms with Crippen LogP contribution in [0.25, 0.3) is 0 Å². The Hall–Kier alpha value is -2.02. The van der Waals surface area contributed by atoms with E-state index >= 15 is 0 Å². The summed E-state index contributed by atoms with van der Waals surface area (Å²) in [5, 5.41) is 3.47. The van der Waals surface area contributed by atoms with Crippen molar-refractivity contribution in [3.05, 3.63) is 64.7 Å². The molecule has 2 aromatic rings. The summed E-state index contributed by atoms with van der Waals surface area (Å²) in [6.45, 7) is 1.31. The van der Waals surface area contributed by atoms with Crippen molar-refractivity contribution in [2.24, 2.45) is 0 Å². The van der Waals surface area contributed by atoms with E-state index in [0.717, 1.165) is 36.8 Å². The molecule has 1 N–H and O–H groups in total. The number of nitrogens with one attached hydrogen (secondary N) is 1. The molecule has 7 heteroatoms. The van der Waals surface area contributed by atoms with Crippen LogP contribution in [-0.2, 0) is 23.9 Å². The molecule has 1 aromatic carbocycles. The number of fused-ring (bicyclic) bond motifs is 3. The third-order valence-corrected chi connectivity index (χ3v) is 6.28. The lowest BCUT2D eigenvalue weighted by molar-refractivity contribution is -0.228. The Morgan fingerprint density at radius 3 is 2.57 bits per heavy atom. The average molecular weight is 396 g/mol. The van der Waals surface area contributed by atoms with Gasteiger partial charge in [-0.2, -0.15) is 13.2 Å². The van der Waals surface area contributed by atoms with Gasteiger partial charge in [0, 0.05) is 23.2 Å². The smallest absolute Gasteiger partial charge is 0.313 e.